The van der Waals surface area contributed by atoms with Gasteiger partial charge in [0.2, 0.25) is 0 Å². The Kier molecular flexibility index (Phi) is 7.61. The third-order valence-corrected chi connectivity index (χ3v) is 13.3. The summed E-state index contributed by atoms with van der Waals surface area (Å²) in [4.78, 5) is 2.47. The van der Waals surface area contributed by atoms with Gasteiger partial charge in [-0.05, 0) is 81.7 Å². The maximum Gasteiger partial charge on any atom is 0.0540 e. The Morgan fingerprint density at radius 2 is 0.836 bits per heavy atom. The third kappa shape index (κ3) is 5.35. The van der Waals surface area contributed by atoms with Gasteiger partial charge in [0, 0.05) is 62.7 Å². The van der Waals surface area contributed by atoms with Gasteiger partial charge >= 0.3 is 0 Å². The van der Waals surface area contributed by atoms with Crippen LogP contribution < -0.4 is 4.90 Å². The predicted molar refractivity (Wildman–Crippen MR) is 241 cm³/mol. The molecular formula is C52H33NS2. The minimum absolute atomic E-state index is 1.11. The molecule has 3 heteroatoms. The molecule has 0 N–H and O–H groups in total. The van der Waals surface area contributed by atoms with E-state index in [1.54, 1.807) is 0 Å². The molecule has 0 aliphatic rings. The van der Waals surface area contributed by atoms with Crippen LogP contribution in [-0.4, -0.2) is 0 Å². The van der Waals surface area contributed by atoms with Crippen LogP contribution in [0, 0.1) is 0 Å². The highest BCUT2D eigenvalue weighted by Gasteiger charge is 2.21. The molecule has 0 radical (unpaired) electrons. The van der Waals surface area contributed by atoms with Crippen molar-refractivity contribution in [1.29, 1.82) is 0 Å². The molecule has 0 saturated carbocycles. The quantitative estimate of drug-likeness (QED) is 0.164. The first-order valence-corrected chi connectivity index (χ1v) is 20.3. The van der Waals surface area contributed by atoms with E-state index in [0.29, 0.717) is 0 Å². The molecule has 55 heavy (non-hydrogen) atoms. The SMILES string of the molecule is c1ccc(-c2cc(N(c3ccc4sc5ccccc5c4c3)c3ccc(-c4ccccc4)c4ccccc34)ccc2-c2cccc3c2sc2ccccc23)cc1. The Morgan fingerprint density at radius 1 is 0.291 bits per heavy atom. The van der Waals surface area contributed by atoms with Crippen LogP contribution in [0.2, 0.25) is 0 Å². The van der Waals surface area contributed by atoms with Gasteiger partial charge in [-0.3, -0.25) is 0 Å². The number of anilines is 3. The van der Waals surface area contributed by atoms with Crippen LogP contribution in [0.15, 0.2) is 200 Å². The second kappa shape index (κ2) is 13.1. The van der Waals surface area contributed by atoms with Crippen LogP contribution in [0.5, 0.6) is 0 Å². The van der Waals surface area contributed by atoms with Crippen LogP contribution >= 0.6 is 22.7 Å². The fourth-order valence-electron chi connectivity index (χ4n) is 8.35. The standard InChI is InChI=1S/C52H33NS2/c1-3-14-34(15-4-1)38-29-30-48(41-19-8-7-18-39(38)41)53(37-27-31-51-47(33-37)43-21-10-11-24-49(43)54-51)36-26-28-40(46(32-36)35-16-5-2-6-17-35)44-22-13-23-45-42-20-9-12-25-50(42)55-52(44)45/h1-33H. The number of thiophene rings is 2. The van der Waals surface area contributed by atoms with Gasteiger partial charge in [0.1, 0.15) is 0 Å². The van der Waals surface area contributed by atoms with Crippen LogP contribution in [0.1, 0.15) is 0 Å². The minimum Gasteiger partial charge on any atom is -0.310 e. The third-order valence-electron chi connectivity index (χ3n) is 10.9. The van der Waals surface area contributed by atoms with Crippen molar-refractivity contribution in [2.75, 3.05) is 4.90 Å². The summed E-state index contributed by atoms with van der Waals surface area (Å²) >= 11 is 3.75. The van der Waals surface area contributed by atoms with Crippen molar-refractivity contribution in [3.8, 4) is 33.4 Å². The van der Waals surface area contributed by atoms with E-state index >= 15 is 0 Å². The fraction of sp³-hybridized carbons (Fsp3) is 0. The van der Waals surface area contributed by atoms with Crippen LogP contribution in [0.25, 0.3) is 84.5 Å². The topological polar surface area (TPSA) is 3.24 Å². The summed E-state index contributed by atoms with van der Waals surface area (Å²) in [7, 11) is 0. The maximum absolute atomic E-state index is 2.47. The lowest BCUT2D eigenvalue weighted by molar-refractivity contribution is 1.30. The van der Waals surface area contributed by atoms with Crippen molar-refractivity contribution in [3.63, 3.8) is 0 Å². The van der Waals surface area contributed by atoms with Crippen molar-refractivity contribution >= 4 is 90.9 Å². The predicted octanol–water partition coefficient (Wildman–Crippen LogP) is 16.0. The first kappa shape index (κ1) is 32.0. The molecule has 258 valence electrons. The van der Waals surface area contributed by atoms with Gasteiger partial charge in [-0.25, -0.2) is 0 Å². The zero-order chi connectivity index (χ0) is 36.3. The summed E-state index contributed by atoms with van der Waals surface area (Å²) < 4.78 is 5.25. The molecule has 2 heterocycles. The van der Waals surface area contributed by atoms with Gasteiger partial charge in [0.05, 0.1) is 5.69 Å². The molecule has 0 amide bonds. The van der Waals surface area contributed by atoms with E-state index in [1.807, 2.05) is 22.7 Å². The van der Waals surface area contributed by atoms with Crippen LogP contribution in [0.3, 0.4) is 0 Å². The Labute approximate surface area is 327 Å². The van der Waals surface area contributed by atoms with Gasteiger partial charge in [-0.1, -0.05) is 152 Å². The Balaban J connectivity index is 1.18. The van der Waals surface area contributed by atoms with Gasteiger partial charge < -0.3 is 4.90 Å². The van der Waals surface area contributed by atoms with Crippen molar-refractivity contribution in [1.82, 2.24) is 0 Å². The average Bonchev–Trinajstić information content (AvgIpc) is 3.83. The van der Waals surface area contributed by atoms with Crippen molar-refractivity contribution in [3.05, 3.63) is 200 Å². The average molecular weight is 736 g/mol. The summed E-state index contributed by atoms with van der Waals surface area (Å²) in [5.41, 5.74) is 10.7. The smallest absolute Gasteiger partial charge is 0.0540 e. The summed E-state index contributed by atoms with van der Waals surface area (Å²) in [6, 6.07) is 73.5. The lowest BCUT2D eigenvalue weighted by Gasteiger charge is -2.29. The molecule has 11 rings (SSSR count). The normalized spacial score (nSPS) is 11.6. The number of hydrogen-bond donors (Lipinski definition) is 0. The van der Waals surface area contributed by atoms with Crippen molar-refractivity contribution in [2.45, 2.75) is 0 Å². The Morgan fingerprint density at radius 3 is 1.60 bits per heavy atom. The van der Waals surface area contributed by atoms with E-state index < -0.39 is 0 Å². The molecule has 11 aromatic rings. The van der Waals surface area contributed by atoms with E-state index in [4.69, 9.17) is 0 Å². The molecule has 0 saturated heterocycles. The number of rotatable bonds is 6. The van der Waals surface area contributed by atoms with Crippen LogP contribution in [-0.2, 0) is 0 Å². The number of nitrogens with zero attached hydrogens (tertiary/aromatic N) is 1. The molecular weight excluding hydrogens is 703 g/mol. The molecule has 0 unspecified atom stereocenters. The monoisotopic (exact) mass is 735 g/mol. The molecule has 9 aromatic carbocycles. The molecule has 1 nitrogen and oxygen atoms in total. The highest BCUT2D eigenvalue weighted by molar-refractivity contribution is 7.26. The van der Waals surface area contributed by atoms with Gasteiger partial charge in [0.25, 0.3) is 0 Å². The summed E-state index contributed by atoms with van der Waals surface area (Å²) in [6.07, 6.45) is 0. The molecule has 0 spiro atoms. The van der Waals surface area contributed by atoms with E-state index in [-0.39, 0.29) is 0 Å². The van der Waals surface area contributed by atoms with Gasteiger partial charge in [0.15, 0.2) is 0 Å². The summed E-state index contributed by atoms with van der Waals surface area (Å²) in [5, 5.41) is 7.64. The Bertz CT molecular complexity index is 3210. The summed E-state index contributed by atoms with van der Waals surface area (Å²) in [5.74, 6) is 0. The minimum atomic E-state index is 1.11. The fourth-order valence-corrected chi connectivity index (χ4v) is 10.7. The second-order valence-corrected chi connectivity index (χ2v) is 16.2. The van der Waals surface area contributed by atoms with E-state index in [1.165, 1.54) is 84.5 Å². The van der Waals surface area contributed by atoms with Gasteiger partial charge in [-0.15, -0.1) is 22.7 Å². The first-order valence-electron chi connectivity index (χ1n) is 18.7. The van der Waals surface area contributed by atoms with Crippen molar-refractivity contribution < 1.29 is 0 Å². The Hall–Kier alpha value is -6.52. The van der Waals surface area contributed by atoms with Gasteiger partial charge in [-0.2, -0.15) is 0 Å². The molecule has 0 atom stereocenters. The number of fused-ring (bicyclic) bond motifs is 7. The summed E-state index contributed by atoms with van der Waals surface area (Å²) in [6.45, 7) is 0. The highest BCUT2D eigenvalue weighted by Crippen LogP contribution is 2.48. The molecule has 0 bridgehead atoms. The number of hydrogen-bond acceptors (Lipinski definition) is 3. The highest BCUT2D eigenvalue weighted by atomic mass is 32.1. The maximum atomic E-state index is 2.47. The zero-order valence-electron chi connectivity index (χ0n) is 29.8. The first-order chi connectivity index (χ1) is 27.3. The molecule has 0 fully saturated rings. The zero-order valence-corrected chi connectivity index (χ0v) is 31.4. The van der Waals surface area contributed by atoms with Crippen LogP contribution in [0.4, 0.5) is 17.1 Å². The van der Waals surface area contributed by atoms with Crippen molar-refractivity contribution in [2.24, 2.45) is 0 Å². The van der Waals surface area contributed by atoms with E-state index in [2.05, 4.69) is 205 Å². The van der Waals surface area contributed by atoms with E-state index in [9.17, 15) is 0 Å². The molecule has 0 aliphatic carbocycles. The molecule has 2 aromatic heterocycles. The second-order valence-electron chi connectivity index (χ2n) is 14.0. The number of benzene rings is 9. The lowest BCUT2D eigenvalue weighted by Crippen LogP contribution is -2.11. The lowest BCUT2D eigenvalue weighted by atomic mass is 9.92. The molecule has 0 aliphatic heterocycles. The van der Waals surface area contributed by atoms with E-state index in [0.717, 1.165) is 17.1 Å². The largest absolute Gasteiger partial charge is 0.310 e.